The van der Waals surface area contributed by atoms with Crippen LogP contribution in [0.3, 0.4) is 0 Å². The molecular weight excluding hydrogens is 439 g/mol. The molecule has 0 saturated carbocycles. The Morgan fingerprint density at radius 3 is 2.28 bits per heavy atom. The Morgan fingerprint density at radius 2 is 1.56 bits per heavy atom. The Balaban J connectivity index is 1.65. The van der Waals surface area contributed by atoms with Crippen molar-refractivity contribution in [1.82, 2.24) is 9.97 Å². The first-order valence-corrected chi connectivity index (χ1v) is 11.3. The average Bonchev–Trinajstić information content (AvgIpc) is 2.73. The van der Waals surface area contributed by atoms with Crippen molar-refractivity contribution < 1.29 is 21.6 Å². The van der Waals surface area contributed by atoms with Gasteiger partial charge in [-0.05, 0) is 35.7 Å². The van der Waals surface area contributed by atoms with Gasteiger partial charge in [-0.15, -0.1) is 0 Å². The lowest BCUT2D eigenvalue weighted by Gasteiger charge is -2.13. The molecule has 9 heteroatoms. The lowest BCUT2D eigenvalue weighted by atomic mass is 10.0. The van der Waals surface area contributed by atoms with Gasteiger partial charge >= 0.3 is 6.18 Å². The number of anilines is 1. The Hall–Kier alpha value is -3.46. The quantitative estimate of drug-likeness (QED) is 0.426. The first-order chi connectivity index (χ1) is 15.1. The number of rotatable bonds is 5. The number of nitrogens with zero attached hydrogens (tertiary/aromatic N) is 2. The standard InChI is InChI=1S/C23H18F3N3O2S/c1-15-22(28-21-19(23(24,25)26)11-6-12-20(21)27-15)29-32(30,31)14-16-7-5-10-18(13-16)17-8-3-2-4-9-17/h2-13H,14H2,1H3,(H,28,29). The van der Waals surface area contributed by atoms with E-state index in [1.807, 2.05) is 36.4 Å². The largest absolute Gasteiger partial charge is 0.418 e. The van der Waals surface area contributed by atoms with E-state index in [9.17, 15) is 21.6 Å². The molecule has 4 rings (SSSR count). The molecule has 0 radical (unpaired) electrons. The summed E-state index contributed by atoms with van der Waals surface area (Å²) in [5, 5.41) is 0. The first-order valence-electron chi connectivity index (χ1n) is 9.62. The molecule has 0 unspecified atom stereocenters. The van der Waals surface area contributed by atoms with Crippen LogP contribution in [0.1, 0.15) is 16.8 Å². The van der Waals surface area contributed by atoms with Crippen molar-refractivity contribution in [3.05, 3.63) is 89.6 Å². The lowest BCUT2D eigenvalue weighted by Crippen LogP contribution is -2.18. The summed E-state index contributed by atoms with van der Waals surface area (Å²) < 4.78 is 67.9. The second kappa shape index (κ2) is 8.23. The van der Waals surface area contributed by atoms with E-state index in [2.05, 4.69) is 14.7 Å². The van der Waals surface area contributed by atoms with Crippen molar-refractivity contribution in [2.45, 2.75) is 18.9 Å². The summed E-state index contributed by atoms with van der Waals surface area (Å²) in [5.74, 6) is -0.596. The summed E-state index contributed by atoms with van der Waals surface area (Å²) in [6, 6.07) is 20.1. The van der Waals surface area contributed by atoms with Gasteiger partial charge < -0.3 is 0 Å². The van der Waals surface area contributed by atoms with Crippen LogP contribution in [0.15, 0.2) is 72.8 Å². The molecule has 5 nitrogen and oxygen atoms in total. The van der Waals surface area contributed by atoms with Crippen LogP contribution >= 0.6 is 0 Å². The summed E-state index contributed by atoms with van der Waals surface area (Å²) in [7, 11) is -3.96. The molecule has 32 heavy (non-hydrogen) atoms. The molecule has 1 heterocycles. The Labute approximate surface area is 183 Å². The highest BCUT2D eigenvalue weighted by Gasteiger charge is 2.33. The number of hydrogen-bond donors (Lipinski definition) is 1. The molecule has 0 aliphatic heterocycles. The van der Waals surface area contributed by atoms with Gasteiger partial charge in [0.15, 0.2) is 5.82 Å². The third-order valence-corrected chi connectivity index (χ3v) is 6.04. The predicted octanol–water partition coefficient (Wildman–Crippen LogP) is 5.57. The minimum atomic E-state index is -4.64. The summed E-state index contributed by atoms with van der Waals surface area (Å²) >= 11 is 0. The normalized spacial score (nSPS) is 12.1. The highest BCUT2D eigenvalue weighted by Crippen LogP contribution is 2.34. The number of hydrogen-bond acceptors (Lipinski definition) is 4. The van der Waals surface area contributed by atoms with Crippen molar-refractivity contribution in [2.24, 2.45) is 0 Å². The Kier molecular flexibility index (Phi) is 5.60. The fourth-order valence-corrected chi connectivity index (χ4v) is 4.54. The zero-order valence-electron chi connectivity index (χ0n) is 16.9. The van der Waals surface area contributed by atoms with E-state index in [1.54, 1.807) is 18.2 Å². The van der Waals surface area contributed by atoms with Crippen molar-refractivity contribution in [3.63, 3.8) is 0 Å². The van der Waals surface area contributed by atoms with E-state index in [0.29, 0.717) is 5.56 Å². The minimum absolute atomic E-state index is 0.0378. The zero-order valence-corrected chi connectivity index (χ0v) is 17.7. The number of nitrogens with one attached hydrogen (secondary N) is 1. The van der Waals surface area contributed by atoms with E-state index in [0.717, 1.165) is 17.2 Å². The number of aryl methyl sites for hydroxylation is 1. The first kappa shape index (κ1) is 21.8. The Bertz CT molecular complexity index is 1390. The van der Waals surface area contributed by atoms with E-state index < -0.39 is 27.3 Å². The maximum absolute atomic E-state index is 13.3. The van der Waals surface area contributed by atoms with Crippen LogP contribution in [0.2, 0.25) is 0 Å². The Morgan fingerprint density at radius 1 is 0.875 bits per heavy atom. The third-order valence-electron chi connectivity index (χ3n) is 4.82. The molecule has 0 fully saturated rings. The summed E-state index contributed by atoms with van der Waals surface area (Å²) in [6.45, 7) is 1.49. The van der Waals surface area contributed by atoms with E-state index in [-0.39, 0.29) is 22.8 Å². The molecule has 0 saturated heterocycles. The molecule has 164 valence electrons. The van der Waals surface area contributed by atoms with E-state index >= 15 is 0 Å². The van der Waals surface area contributed by atoms with Crippen LogP contribution in [-0.2, 0) is 22.0 Å². The van der Waals surface area contributed by atoms with Crippen LogP contribution in [-0.4, -0.2) is 18.4 Å². The number of para-hydroxylation sites is 1. The summed E-state index contributed by atoms with van der Waals surface area (Å²) in [5.41, 5.74) is 1.16. The van der Waals surface area contributed by atoms with Gasteiger partial charge in [0.25, 0.3) is 0 Å². The van der Waals surface area contributed by atoms with Crippen LogP contribution in [0.4, 0.5) is 19.0 Å². The number of fused-ring (bicyclic) bond motifs is 1. The second-order valence-electron chi connectivity index (χ2n) is 7.26. The molecule has 0 atom stereocenters. The molecule has 3 aromatic carbocycles. The fourth-order valence-electron chi connectivity index (χ4n) is 3.36. The molecule has 0 bridgehead atoms. The molecule has 0 aliphatic rings. The number of aromatic nitrogens is 2. The molecule has 1 aromatic heterocycles. The SMILES string of the molecule is Cc1nc2cccc(C(F)(F)F)c2nc1NS(=O)(=O)Cc1cccc(-c2ccccc2)c1. The summed E-state index contributed by atoms with van der Waals surface area (Å²) in [6.07, 6.45) is -4.64. The molecule has 0 amide bonds. The third kappa shape index (κ3) is 4.72. The molecule has 0 aliphatic carbocycles. The van der Waals surface area contributed by atoms with Gasteiger partial charge in [0.2, 0.25) is 10.0 Å². The van der Waals surface area contributed by atoms with Crippen molar-refractivity contribution in [2.75, 3.05) is 4.72 Å². The monoisotopic (exact) mass is 457 g/mol. The zero-order chi connectivity index (χ0) is 22.9. The topological polar surface area (TPSA) is 72.0 Å². The molecule has 0 spiro atoms. The molecule has 1 N–H and O–H groups in total. The molecule has 4 aromatic rings. The average molecular weight is 457 g/mol. The maximum Gasteiger partial charge on any atom is 0.418 e. The van der Waals surface area contributed by atoms with Crippen LogP contribution < -0.4 is 4.72 Å². The van der Waals surface area contributed by atoms with Gasteiger partial charge in [-0.1, -0.05) is 60.7 Å². The number of benzene rings is 3. The van der Waals surface area contributed by atoms with E-state index in [4.69, 9.17) is 0 Å². The highest BCUT2D eigenvalue weighted by atomic mass is 32.2. The van der Waals surface area contributed by atoms with Crippen LogP contribution in [0.25, 0.3) is 22.2 Å². The fraction of sp³-hybridized carbons (Fsp3) is 0.130. The van der Waals surface area contributed by atoms with E-state index in [1.165, 1.54) is 19.1 Å². The number of alkyl halides is 3. The van der Waals surface area contributed by atoms with Gasteiger partial charge in [0.1, 0.15) is 5.52 Å². The van der Waals surface area contributed by atoms with Gasteiger partial charge in [-0.3, -0.25) is 4.72 Å². The number of sulfonamides is 1. The van der Waals surface area contributed by atoms with Crippen LogP contribution in [0.5, 0.6) is 0 Å². The maximum atomic E-state index is 13.3. The van der Waals surface area contributed by atoms with Gasteiger partial charge in [0, 0.05) is 0 Å². The minimum Gasteiger partial charge on any atom is -0.266 e. The smallest absolute Gasteiger partial charge is 0.266 e. The van der Waals surface area contributed by atoms with Crippen molar-refractivity contribution in [1.29, 1.82) is 0 Å². The van der Waals surface area contributed by atoms with Gasteiger partial charge in [-0.25, -0.2) is 18.4 Å². The predicted molar refractivity (Wildman–Crippen MR) is 117 cm³/mol. The van der Waals surface area contributed by atoms with Gasteiger partial charge in [0.05, 0.1) is 22.5 Å². The van der Waals surface area contributed by atoms with Crippen molar-refractivity contribution >= 4 is 26.9 Å². The second-order valence-corrected chi connectivity index (χ2v) is 8.98. The summed E-state index contributed by atoms with van der Waals surface area (Å²) in [4.78, 5) is 8.07. The van der Waals surface area contributed by atoms with Crippen LogP contribution in [0, 0.1) is 6.92 Å². The van der Waals surface area contributed by atoms with Gasteiger partial charge in [-0.2, -0.15) is 13.2 Å². The highest BCUT2D eigenvalue weighted by molar-refractivity contribution is 7.91. The van der Waals surface area contributed by atoms with Crippen molar-refractivity contribution in [3.8, 4) is 11.1 Å². The lowest BCUT2D eigenvalue weighted by molar-refractivity contribution is -0.136. The molecular formula is C23H18F3N3O2S. The number of halogens is 3.